The van der Waals surface area contributed by atoms with Gasteiger partial charge in [-0.2, -0.15) is 0 Å². The van der Waals surface area contributed by atoms with Gasteiger partial charge in [0.05, 0.1) is 0 Å². The molecule has 0 aromatic carbocycles. The van der Waals surface area contributed by atoms with E-state index in [0.29, 0.717) is 26.4 Å². The molecule has 0 saturated heterocycles. The zero-order chi connectivity index (χ0) is 14.0. The van der Waals surface area contributed by atoms with Crippen LogP contribution in [-0.2, 0) is 13.3 Å². The fraction of sp³-hybridized carbons (Fsp3) is 1.00. The molecule has 0 aliphatic rings. The van der Waals surface area contributed by atoms with Crippen molar-refractivity contribution in [3.05, 3.63) is 0 Å². The van der Waals surface area contributed by atoms with Crippen LogP contribution in [0, 0.1) is 0 Å². The monoisotopic (exact) mass is 278 g/mol. The Labute approximate surface area is 113 Å². The highest BCUT2D eigenvalue weighted by Crippen LogP contribution is 2.32. The normalized spacial score (nSPS) is 15.7. The summed E-state index contributed by atoms with van der Waals surface area (Å²) in [6.07, 6.45) is 1.65. The van der Waals surface area contributed by atoms with E-state index in [0.717, 1.165) is 12.8 Å². The second-order valence-corrected chi connectivity index (χ2v) is 7.28. The molecule has 0 aromatic heterocycles. The van der Waals surface area contributed by atoms with Gasteiger partial charge in [0.2, 0.25) is 0 Å². The lowest BCUT2D eigenvalue weighted by Gasteiger charge is -2.36. The van der Waals surface area contributed by atoms with Crippen LogP contribution >= 0.6 is 0 Å². The Hall–Kier alpha value is 0.0169. The third-order valence-electron chi connectivity index (χ3n) is 2.71. The first kappa shape index (κ1) is 18.0. The molecule has 2 unspecified atom stereocenters. The van der Waals surface area contributed by atoms with Crippen molar-refractivity contribution in [2.45, 2.75) is 52.1 Å². The molecule has 6 heteroatoms. The van der Waals surface area contributed by atoms with E-state index < -0.39 is 8.80 Å². The Morgan fingerprint density at radius 1 is 1.00 bits per heavy atom. The molecule has 0 amide bonds. The van der Waals surface area contributed by atoms with E-state index in [1.54, 1.807) is 0 Å². The van der Waals surface area contributed by atoms with E-state index in [1.807, 2.05) is 27.7 Å². The number of nitrogens with two attached hydrogens (primary N) is 2. The van der Waals surface area contributed by atoms with E-state index in [2.05, 4.69) is 0 Å². The lowest BCUT2D eigenvalue weighted by atomic mass is 10.1. The molecule has 0 aromatic rings. The van der Waals surface area contributed by atoms with Crippen LogP contribution in [0.25, 0.3) is 0 Å². The van der Waals surface area contributed by atoms with Crippen LogP contribution in [0.1, 0.15) is 40.5 Å². The average Bonchev–Trinajstić information content (AvgIpc) is 2.29. The average molecular weight is 278 g/mol. The summed E-state index contributed by atoms with van der Waals surface area (Å²) in [6.45, 7) is 10.2. The minimum Gasteiger partial charge on any atom is -0.374 e. The van der Waals surface area contributed by atoms with Crippen molar-refractivity contribution in [3.63, 3.8) is 0 Å². The first-order chi connectivity index (χ1) is 8.56. The molecule has 0 fully saturated rings. The van der Waals surface area contributed by atoms with Gasteiger partial charge in [0, 0.05) is 31.4 Å². The summed E-state index contributed by atoms with van der Waals surface area (Å²) in [4.78, 5) is 0. The molecule has 0 spiro atoms. The highest BCUT2D eigenvalue weighted by atomic mass is 28.4. The summed E-state index contributed by atoms with van der Waals surface area (Å²) in [7, 11) is -2.67. The predicted octanol–water partition coefficient (Wildman–Crippen LogP) is 1.49. The molecule has 18 heavy (non-hydrogen) atoms. The first-order valence-electron chi connectivity index (χ1n) is 6.93. The Bertz CT molecular complexity index is 189. The Morgan fingerprint density at radius 3 is 1.72 bits per heavy atom. The van der Waals surface area contributed by atoms with Crippen LogP contribution in [-0.4, -0.2) is 41.2 Å². The van der Waals surface area contributed by atoms with Crippen molar-refractivity contribution in [3.8, 4) is 0 Å². The van der Waals surface area contributed by atoms with Crippen LogP contribution in [0.5, 0.6) is 0 Å². The van der Waals surface area contributed by atoms with Gasteiger partial charge in [-0.3, -0.25) is 0 Å². The fourth-order valence-electron chi connectivity index (χ4n) is 2.17. The van der Waals surface area contributed by atoms with Crippen LogP contribution in [0.15, 0.2) is 0 Å². The second kappa shape index (κ2) is 9.88. The number of hydrogen-bond donors (Lipinski definition) is 2. The van der Waals surface area contributed by atoms with E-state index in [1.165, 1.54) is 0 Å². The second-order valence-electron chi connectivity index (χ2n) is 4.39. The third kappa shape index (κ3) is 5.77. The van der Waals surface area contributed by atoms with E-state index in [4.69, 9.17) is 24.7 Å². The van der Waals surface area contributed by atoms with Gasteiger partial charge in [-0.1, -0.05) is 0 Å². The van der Waals surface area contributed by atoms with E-state index in [-0.39, 0.29) is 11.6 Å². The fourth-order valence-corrected chi connectivity index (χ4v) is 5.52. The topological polar surface area (TPSA) is 79.7 Å². The van der Waals surface area contributed by atoms with Crippen molar-refractivity contribution < 1.29 is 13.3 Å². The summed E-state index contributed by atoms with van der Waals surface area (Å²) < 4.78 is 17.7. The molecule has 4 N–H and O–H groups in total. The molecule has 5 nitrogen and oxygen atoms in total. The van der Waals surface area contributed by atoms with Gasteiger partial charge < -0.3 is 24.7 Å². The molecule has 0 heterocycles. The molecule has 0 bridgehead atoms. The van der Waals surface area contributed by atoms with Gasteiger partial charge in [-0.15, -0.1) is 0 Å². The summed E-state index contributed by atoms with van der Waals surface area (Å²) >= 11 is 0. The van der Waals surface area contributed by atoms with E-state index in [9.17, 15) is 0 Å². The molecule has 0 saturated carbocycles. The van der Waals surface area contributed by atoms with Crippen LogP contribution < -0.4 is 11.5 Å². The van der Waals surface area contributed by atoms with Crippen LogP contribution in [0.3, 0.4) is 0 Å². The lowest BCUT2D eigenvalue weighted by Crippen LogP contribution is -2.52. The van der Waals surface area contributed by atoms with Crippen LogP contribution in [0.4, 0.5) is 0 Å². The maximum Gasteiger partial charge on any atom is 0.504 e. The lowest BCUT2D eigenvalue weighted by molar-refractivity contribution is 0.0582. The van der Waals surface area contributed by atoms with Gasteiger partial charge in [-0.25, -0.2) is 0 Å². The van der Waals surface area contributed by atoms with Crippen molar-refractivity contribution in [2.75, 3.05) is 26.4 Å². The minimum atomic E-state index is -2.67. The largest absolute Gasteiger partial charge is 0.504 e. The molecule has 2 atom stereocenters. The maximum absolute atomic E-state index is 5.92. The van der Waals surface area contributed by atoms with Gasteiger partial charge in [-0.05, 0) is 47.1 Å². The zero-order valence-corrected chi connectivity index (χ0v) is 13.3. The van der Waals surface area contributed by atoms with Crippen molar-refractivity contribution in [1.29, 1.82) is 0 Å². The highest BCUT2D eigenvalue weighted by molar-refractivity contribution is 6.62. The van der Waals surface area contributed by atoms with Gasteiger partial charge in [0.1, 0.15) is 0 Å². The summed E-state index contributed by atoms with van der Waals surface area (Å²) in [6, 6.07) is 0.0924. The first-order valence-corrected chi connectivity index (χ1v) is 8.73. The summed E-state index contributed by atoms with van der Waals surface area (Å²) in [5, 5.41) is 0. The van der Waals surface area contributed by atoms with E-state index >= 15 is 0 Å². The van der Waals surface area contributed by atoms with Gasteiger partial charge in [0.15, 0.2) is 0 Å². The molecule has 110 valence electrons. The molecule has 0 aliphatic carbocycles. The molecular formula is C12H30N2O3Si. The van der Waals surface area contributed by atoms with Gasteiger partial charge in [0.25, 0.3) is 0 Å². The predicted molar refractivity (Wildman–Crippen MR) is 76.3 cm³/mol. The maximum atomic E-state index is 5.92. The SMILES string of the molecule is CCO[Si](OCC)(OCC)C(CCN)CC(C)N. The summed E-state index contributed by atoms with van der Waals surface area (Å²) in [5.41, 5.74) is 11.8. The molecule has 0 radical (unpaired) electrons. The summed E-state index contributed by atoms with van der Waals surface area (Å²) in [5.74, 6) is 0. The third-order valence-corrected chi connectivity index (χ3v) is 6.31. The minimum absolute atomic E-state index is 0.0924. The Kier molecular flexibility index (Phi) is 9.89. The standard InChI is InChI=1S/C12H30N2O3Si/c1-5-15-18(16-6-2,17-7-3)12(8-9-13)10-11(4)14/h11-12H,5-10,13-14H2,1-4H3. The Balaban J connectivity index is 5.00. The zero-order valence-electron chi connectivity index (χ0n) is 12.3. The number of rotatable bonds is 11. The van der Waals surface area contributed by atoms with Gasteiger partial charge >= 0.3 is 8.80 Å². The quantitative estimate of drug-likeness (QED) is 0.560. The number of hydrogen-bond acceptors (Lipinski definition) is 5. The molecular weight excluding hydrogens is 248 g/mol. The smallest absolute Gasteiger partial charge is 0.374 e. The molecule has 0 rings (SSSR count). The highest BCUT2D eigenvalue weighted by Gasteiger charge is 2.48. The van der Waals surface area contributed by atoms with Crippen LogP contribution in [0.2, 0.25) is 5.54 Å². The Morgan fingerprint density at radius 2 is 1.44 bits per heavy atom. The van der Waals surface area contributed by atoms with Crippen molar-refractivity contribution in [1.82, 2.24) is 0 Å². The molecule has 0 aliphatic heterocycles. The van der Waals surface area contributed by atoms with Crippen molar-refractivity contribution in [2.24, 2.45) is 11.5 Å². The van der Waals surface area contributed by atoms with Crippen molar-refractivity contribution >= 4 is 8.80 Å².